The number of rotatable bonds is 9. The molecule has 1 rings (SSSR count). The molecule has 0 aromatic heterocycles. The van der Waals surface area contributed by atoms with E-state index in [-0.39, 0.29) is 17.9 Å². The van der Waals surface area contributed by atoms with Crippen molar-refractivity contribution in [3.05, 3.63) is 42.0 Å². The molecule has 0 aliphatic rings. The van der Waals surface area contributed by atoms with Crippen LogP contribution in [0.3, 0.4) is 0 Å². The fourth-order valence-electron chi connectivity index (χ4n) is 2.11. The first kappa shape index (κ1) is 16.6. The van der Waals surface area contributed by atoms with E-state index in [0.717, 1.165) is 25.8 Å². The predicted molar refractivity (Wildman–Crippen MR) is 77.8 cm³/mol. The lowest BCUT2D eigenvalue weighted by Gasteiger charge is -2.13. The van der Waals surface area contributed by atoms with Crippen molar-refractivity contribution in [3.8, 4) is 5.75 Å². The van der Waals surface area contributed by atoms with E-state index >= 15 is 0 Å². The lowest BCUT2D eigenvalue weighted by atomic mass is 9.98. The van der Waals surface area contributed by atoms with E-state index in [9.17, 15) is 8.78 Å². The Balaban J connectivity index is 2.48. The SMILES string of the molecule is C=CCC(CC)CCNCc1c(F)cc(OC)cc1F. The molecule has 1 atom stereocenters. The Morgan fingerprint density at radius 2 is 2.00 bits per heavy atom. The zero-order valence-electron chi connectivity index (χ0n) is 12.2. The first-order valence-corrected chi connectivity index (χ1v) is 6.95. The number of halogens is 2. The van der Waals surface area contributed by atoms with E-state index in [1.54, 1.807) is 0 Å². The molecule has 0 aliphatic heterocycles. The number of hydrogen-bond acceptors (Lipinski definition) is 2. The largest absolute Gasteiger partial charge is 0.497 e. The molecule has 1 unspecified atom stereocenters. The number of ether oxygens (including phenoxy) is 1. The summed E-state index contributed by atoms with van der Waals surface area (Å²) < 4.78 is 32.2. The van der Waals surface area contributed by atoms with Gasteiger partial charge in [0.25, 0.3) is 0 Å². The summed E-state index contributed by atoms with van der Waals surface area (Å²) in [6.45, 7) is 6.79. The molecule has 0 aliphatic carbocycles. The summed E-state index contributed by atoms with van der Waals surface area (Å²) in [6.07, 6.45) is 4.95. The summed E-state index contributed by atoms with van der Waals surface area (Å²) >= 11 is 0. The minimum Gasteiger partial charge on any atom is -0.497 e. The third-order valence-electron chi connectivity index (χ3n) is 3.46. The number of hydrogen-bond donors (Lipinski definition) is 1. The van der Waals surface area contributed by atoms with E-state index in [4.69, 9.17) is 4.74 Å². The van der Waals surface area contributed by atoms with Crippen molar-refractivity contribution in [1.82, 2.24) is 5.32 Å². The van der Waals surface area contributed by atoms with Crippen molar-refractivity contribution in [2.45, 2.75) is 32.7 Å². The van der Waals surface area contributed by atoms with Gasteiger partial charge in [-0.15, -0.1) is 6.58 Å². The highest BCUT2D eigenvalue weighted by Crippen LogP contribution is 2.20. The van der Waals surface area contributed by atoms with Crippen LogP contribution in [0, 0.1) is 17.6 Å². The highest BCUT2D eigenvalue weighted by atomic mass is 19.1. The van der Waals surface area contributed by atoms with Gasteiger partial charge < -0.3 is 10.1 Å². The minimum absolute atomic E-state index is 0.0579. The number of methoxy groups -OCH3 is 1. The normalized spacial score (nSPS) is 12.2. The van der Waals surface area contributed by atoms with Crippen LogP contribution in [-0.4, -0.2) is 13.7 Å². The molecular formula is C16H23F2NO. The maximum atomic E-state index is 13.7. The molecule has 4 heteroatoms. The highest BCUT2D eigenvalue weighted by molar-refractivity contribution is 5.30. The molecule has 0 saturated heterocycles. The van der Waals surface area contributed by atoms with Gasteiger partial charge in [-0.1, -0.05) is 19.4 Å². The van der Waals surface area contributed by atoms with Crippen molar-refractivity contribution in [1.29, 1.82) is 0 Å². The molecule has 1 aromatic rings. The van der Waals surface area contributed by atoms with Gasteiger partial charge in [-0.3, -0.25) is 0 Å². The van der Waals surface area contributed by atoms with Gasteiger partial charge in [-0.2, -0.15) is 0 Å². The van der Waals surface area contributed by atoms with Gasteiger partial charge >= 0.3 is 0 Å². The number of nitrogens with one attached hydrogen (secondary N) is 1. The van der Waals surface area contributed by atoms with Gasteiger partial charge in [0, 0.05) is 24.2 Å². The summed E-state index contributed by atoms with van der Waals surface area (Å²) in [7, 11) is 1.39. The Morgan fingerprint density at radius 1 is 1.35 bits per heavy atom. The zero-order chi connectivity index (χ0) is 15.0. The molecule has 0 radical (unpaired) electrons. The fraction of sp³-hybridized carbons (Fsp3) is 0.500. The van der Waals surface area contributed by atoms with Crippen LogP contribution in [0.5, 0.6) is 5.75 Å². The summed E-state index contributed by atoms with van der Waals surface area (Å²) in [6, 6.07) is 2.40. The molecule has 2 nitrogen and oxygen atoms in total. The molecule has 0 saturated carbocycles. The summed E-state index contributed by atoms with van der Waals surface area (Å²) in [5.41, 5.74) is 0.0579. The first-order valence-electron chi connectivity index (χ1n) is 6.95. The quantitative estimate of drug-likeness (QED) is 0.545. The Labute approximate surface area is 119 Å². The van der Waals surface area contributed by atoms with Crippen LogP contribution in [0.15, 0.2) is 24.8 Å². The fourth-order valence-corrected chi connectivity index (χ4v) is 2.11. The molecule has 0 fully saturated rings. The maximum Gasteiger partial charge on any atom is 0.134 e. The Hall–Kier alpha value is -1.42. The molecule has 0 amide bonds. The van der Waals surface area contributed by atoms with Gasteiger partial charge in [-0.05, 0) is 25.3 Å². The lowest BCUT2D eigenvalue weighted by Crippen LogP contribution is -2.19. The highest BCUT2D eigenvalue weighted by Gasteiger charge is 2.11. The van der Waals surface area contributed by atoms with E-state index in [1.165, 1.54) is 19.2 Å². The molecule has 0 spiro atoms. The van der Waals surface area contributed by atoms with Crippen LogP contribution in [0.4, 0.5) is 8.78 Å². The van der Waals surface area contributed by atoms with Crippen molar-refractivity contribution >= 4 is 0 Å². The smallest absolute Gasteiger partial charge is 0.134 e. The molecule has 1 aromatic carbocycles. The summed E-state index contributed by atoms with van der Waals surface area (Å²) in [5.74, 6) is -0.383. The van der Waals surface area contributed by atoms with Crippen molar-refractivity contribution in [2.75, 3.05) is 13.7 Å². The summed E-state index contributed by atoms with van der Waals surface area (Å²) in [4.78, 5) is 0. The van der Waals surface area contributed by atoms with Crippen molar-refractivity contribution in [3.63, 3.8) is 0 Å². The van der Waals surface area contributed by atoms with E-state index in [1.807, 2.05) is 6.08 Å². The number of allylic oxidation sites excluding steroid dienone is 1. The van der Waals surface area contributed by atoms with E-state index in [2.05, 4.69) is 18.8 Å². The van der Waals surface area contributed by atoms with Crippen LogP contribution < -0.4 is 10.1 Å². The average molecular weight is 283 g/mol. The van der Waals surface area contributed by atoms with Crippen LogP contribution in [-0.2, 0) is 6.54 Å². The first-order chi connectivity index (χ1) is 9.62. The average Bonchev–Trinajstić information content (AvgIpc) is 2.44. The third kappa shape index (κ3) is 4.93. The van der Waals surface area contributed by atoms with Gasteiger partial charge in [0.05, 0.1) is 7.11 Å². The zero-order valence-corrected chi connectivity index (χ0v) is 12.2. The predicted octanol–water partition coefficient (Wildman–Crippen LogP) is 4.06. The van der Waals surface area contributed by atoms with Gasteiger partial charge in [0.15, 0.2) is 0 Å². The van der Waals surface area contributed by atoms with Crippen LogP contribution in [0.1, 0.15) is 31.7 Å². The monoisotopic (exact) mass is 283 g/mol. The van der Waals surface area contributed by atoms with Gasteiger partial charge in [-0.25, -0.2) is 8.78 Å². The van der Waals surface area contributed by atoms with E-state index < -0.39 is 11.6 Å². The molecule has 112 valence electrons. The Kier molecular flexibility index (Phi) is 7.23. The van der Waals surface area contributed by atoms with Crippen LogP contribution >= 0.6 is 0 Å². The summed E-state index contributed by atoms with van der Waals surface area (Å²) in [5, 5.41) is 3.09. The second-order valence-corrected chi connectivity index (χ2v) is 4.83. The molecule has 0 heterocycles. The number of benzene rings is 1. The second-order valence-electron chi connectivity index (χ2n) is 4.83. The molecule has 1 N–H and O–H groups in total. The topological polar surface area (TPSA) is 21.3 Å². The van der Waals surface area contributed by atoms with Gasteiger partial charge in [0.1, 0.15) is 17.4 Å². The third-order valence-corrected chi connectivity index (χ3v) is 3.46. The minimum atomic E-state index is -0.576. The van der Waals surface area contributed by atoms with Crippen molar-refractivity contribution in [2.24, 2.45) is 5.92 Å². The van der Waals surface area contributed by atoms with Crippen LogP contribution in [0.2, 0.25) is 0 Å². The lowest BCUT2D eigenvalue weighted by molar-refractivity contribution is 0.403. The van der Waals surface area contributed by atoms with Crippen molar-refractivity contribution < 1.29 is 13.5 Å². The molecule has 0 bridgehead atoms. The van der Waals surface area contributed by atoms with Crippen LogP contribution in [0.25, 0.3) is 0 Å². The molecular weight excluding hydrogens is 260 g/mol. The standard InChI is InChI=1S/C16H23F2NO/c1-4-6-12(5-2)7-8-19-11-14-15(17)9-13(20-3)10-16(14)18/h4,9-10,12,19H,1,5-8,11H2,2-3H3. The maximum absolute atomic E-state index is 13.7. The molecule has 20 heavy (non-hydrogen) atoms. The Morgan fingerprint density at radius 3 is 2.50 bits per heavy atom. The Bertz CT molecular complexity index is 411. The second kappa shape index (κ2) is 8.69. The van der Waals surface area contributed by atoms with E-state index in [0.29, 0.717) is 5.92 Å². The van der Waals surface area contributed by atoms with Gasteiger partial charge in [0.2, 0.25) is 0 Å².